The van der Waals surface area contributed by atoms with Crippen LogP contribution in [0.1, 0.15) is 5.56 Å². The number of fused-ring (bicyclic) bond motifs is 1. The molecule has 28 heavy (non-hydrogen) atoms. The number of pyridine rings is 1. The first kappa shape index (κ1) is 17.7. The molecule has 140 valence electrons. The summed E-state index contributed by atoms with van der Waals surface area (Å²) in [7, 11) is 1.59. The van der Waals surface area contributed by atoms with E-state index < -0.39 is 0 Å². The van der Waals surface area contributed by atoms with Crippen molar-refractivity contribution in [2.75, 3.05) is 12.8 Å². The van der Waals surface area contributed by atoms with Gasteiger partial charge in [-0.25, -0.2) is 0 Å². The molecule has 0 saturated heterocycles. The maximum absolute atomic E-state index is 6.31. The molecule has 0 aliphatic carbocycles. The summed E-state index contributed by atoms with van der Waals surface area (Å²) in [5.74, 6) is 2.99. The second-order valence-electron chi connectivity index (χ2n) is 6.31. The lowest BCUT2D eigenvalue weighted by atomic mass is 10.1. The van der Waals surface area contributed by atoms with Crippen molar-refractivity contribution >= 4 is 16.6 Å². The molecule has 2 N–H and O–H groups in total. The van der Waals surface area contributed by atoms with E-state index in [1.54, 1.807) is 19.4 Å². The Kier molecular flexibility index (Phi) is 4.72. The summed E-state index contributed by atoms with van der Waals surface area (Å²) in [6, 6.07) is 20.7. The zero-order valence-corrected chi connectivity index (χ0v) is 15.7. The van der Waals surface area contributed by atoms with Gasteiger partial charge < -0.3 is 19.9 Å². The first-order valence-corrected chi connectivity index (χ1v) is 8.89. The molecule has 0 radical (unpaired) electrons. The molecule has 4 aromatic rings. The lowest BCUT2D eigenvalue weighted by Crippen LogP contribution is -1.99. The van der Waals surface area contributed by atoms with Gasteiger partial charge in [-0.3, -0.25) is 4.98 Å². The lowest BCUT2D eigenvalue weighted by molar-refractivity contribution is 0.371. The Morgan fingerprint density at radius 1 is 0.821 bits per heavy atom. The van der Waals surface area contributed by atoms with Crippen LogP contribution in [0.4, 0.5) is 5.69 Å². The fourth-order valence-electron chi connectivity index (χ4n) is 3.06. The molecule has 0 atom stereocenters. The Hall–Kier alpha value is -3.73. The number of nitrogen functional groups attached to an aromatic ring is 1. The number of ether oxygens (including phenoxy) is 3. The molecule has 0 saturated carbocycles. The van der Waals surface area contributed by atoms with Crippen molar-refractivity contribution < 1.29 is 14.2 Å². The third kappa shape index (κ3) is 3.30. The number of aromatic nitrogens is 1. The number of aryl methyl sites for hydroxylation is 1. The number of methoxy groups -OCH3 is 1. The first-order chi connectivity index (χ1) is 13.7. The van der Waals surface area contributed by atoms with Gasteiger partial charge >= 0.3 is 0 Å². The van der Waals surface area contributed by atoms with Gasteiger partial charge in [0, 0.05) is 12.3 Å². The smallest absolute Gasteiger partial charge is 0.179 e. The zero-order valence-electron chi connectivity index (χ0n) is 15.7. The van der Waals surface area contributed by atoms with E-state index in [-0.39, 0.29) is 0 Å². The van der Waals surface area contributed by atoms with Gasteiger partial charge in [0.1, 0.15) is 5.75 Å². The van der Waals surface area contributed by atoms with Gasteiger partial charge in [0.2, 0.25) is 0 Å². The molecule has 3 aromatic carbocycles. The van der Waals surface area contributed by atoms with Crippen LogP contribution in [0, 0.1) is 6.92 Å². The van der Waals surface area contributed by atoms with Crippen LogP contribution in [0.3, 0.4) is 0 Å². The molecular weight excluding hydrogens is 352 g/mol. The summed E-state index contributed by atoms with van der Waals surface area (Å²) in [6.45, 7) is 1.99. The summed E-state index contributed by atoms with van der Waals surface area (Å²) >= 11 is 0. The molecule has 0 aliphatic rings. The predicted molar refractivity (Wildman–Crippen MR) is 110 cm³/mol. The predicted octanol–water partition coefficient (Wildman–Crippen LogP) is 5.72. The Morgan fingerprint density at radius 3 is 2.21 bits per heavy atom. The highest BCUT2D eigenvalue weighted by Crippen LogP contribution is 2.44. The number of benzene rings is 3. The summed E-state index contributed by atoms with van der Waals surface area (Å²) in [5, 5.41) is 0.814. The Balaban J connectivity index is 1.82. The number of nitrogens with zero attached hydrogens (tertiary/aromatic N) is 1. The molecule has 4 rings (SSSR count). The molecule has 0 bridgehead atoms. The van der Waals surface area contributed by atoms with Crippen molar-refractivity contribution in [3.8, 4) is 28.7 Å². The zero-order chi connectivity index (χ0) is 19.5. The number of rotatable bonds is 5. The Labute approximate surface area is 163 Å². The molecule has 5 nitrogen and oxygen atoms in total. The minimum absolute atomic E-state index is 0.538. The maximum atomic E-state index is 6.31. The van der Waals surface area contributed by atoms with E-state index in [9.17, 15) is 0 Å². The fourth-order valence-corrected chi connectivity index (χ4v) is 3.06. The van der Waals surface area contributed by atoms with Gasteiger partial charge in [0.25, 0.3) is 0 Å². The highest BCUT2D eigenvalue weighted by Gasteiger charge is 2.18. The van der Waals surface area contributed by atoms with Crippen LogP contribution >= 0.6 is 0 Å². The van der Waals surface area contributed by atoms with Gasteiger partial charge in [-0.1, -0.05) is 30.3 Å². The van der Waals surface area contributed by atoms with Crippen LogP contribution in [-0.2, 0) is 0 Å². The molecule has 0 aliphatic heterocycles. The van der Waals surface area contributed by atoms with Crippen molar-refractivity contribution in [3.05, 3.63) is 78.5 Å². The van der Waals surface area contributed by atoms with Crippen LogP contribution < -0.4 is 19.9 Å². The molecule has 0 unspecified atom stereocenters. The average molecular weight is 372 g/mol. The normalized spacial score (nSPS) is 10.6. The van der Waals surface area contributed by atoms with Crippen molar-refractivity contribution in [2.45, 2.75) is 6.92 Å². The molecule has 0 amide bonds. The third-order valence-corrected chi connectivity index (χ3v) is 4.42. The quantitative estimate of drug-likeness (QED) is 0.454. The number of hydrogen-bond donors (Lipinski definition) is 1. The largest absolute Gasteiger partial charge is 0.493 e. The van der Waals surface area contributed by atoms with Crippen LogP contribution in [0.5, 0.6) is 28.7 Å². The van der Waals surface area contributed by atoms with Gasteiger partial charge in [0.05, 0.1) is 23.7 Å². The number of hydrogen-bond acceptors (Lipinski definition) is 5. The van der Waals surface area contributed by atoms with Crippen molar-refractivity contribution in [3.63, 3.8) is 0 Å². The van der Waals surface area contributed by atoms with E-state index in [0.717, 1.165) is 16.7 Å². The Bertz CT molecular complexity index is 1130. The highest BCUT2D eigenvalue weighted by atomic mass is 16.5. The lowest BCUT2D eigenvalue weighted by Gasteiger charge is -2.17. The maximum Gasteiger partial charge on any atom is 0.179 e. The summed E-state index contributed by atoms with van der Waals surface area (Å²) in [6.07, 6.45) is 1.73. The van der Waals surface area contributed by atoms with E-state index >= 15 is 0 Å². The number of nitrogens with two attached hydrogens (primary N) is 1. The van der Waals surface area contributed by atoms with Crippen LogP contribution in [0.25, 0.3) is 10.9 Å². The number of para-hydroxylation sites is 3. The summed E-state index contributed by atoms with van der Waals surface area (Å²) in [5.41, 5.74) is 8.38. The molecule has 0 spiro atoms. The van der Waals surface area contributed by atoms with E-state index in [2.05, 4.69) is 4.98 Å². The highest BCUT2D eigenvalue weighted by molar-refractivity contribution is 5.98. The van der Waals surface area contributed by atoms with Crippen LogP contribution in [0.2, 0.25) is 0 Å². The standard InChI is InChI=1S/C23H20N2O3/c1-15-12-13-25-22-17(24)14-20(26-2)23(21(15)22)28-19-11-7-6-10-18(19)27-16-8-4-3-5-9-16/h3-14H,24H2,1-2H3. The van der Waals surface area contributed by atoms with Gasteiger partial charge in [-0.15, -0.1) is 0 Å². The minimum Gasteiger partial charge on any atom is -0.493 e. The SMILES string of the molecule is COc1cc(N)c2nccc(C)c2c1Oc1ccccc1Oc1ccccc1. The van der Waals surface area contributed by atoms with Crippen molar-refractivity contribution in [2.24, 2.45) is 0 Å². The van der Waals surface area contributed by atoms with E-state index in [0.29, 0.717) is 34.2 Å². The number of anilines is 1. The van der Waals surface area contributed by atoms with E-state index in [4.69, 9.17) is 19.9 Å². The molecule has 1 heterocycles. The monoisotopic (exact) mass is 372 g/mol. The van der Waals surface area contributed by atoms with Crippen LogP contribution in [0.15, 0.2) is 72.9 Å². The van der Waals surface area contributed by atoms with Crippen molar-refractivity contribution in [1.82, 2.24) is 4.98 Å². The van der Waals surface area contributed by atoms with Gasteiger partial charge in [-0.05, 0) is 42.8 Å². The van der Waals surface area contributed by atoms with E-state index in [1.165, 1.54) is 0 Å². The summed E-state index contributed by atoms with van der Waals surface area (Å²) < 4.78 is 17.9. The molecular formula is C23H20N2O3. The average Bonchev–Trinajstić information content (AvgIpc) is 2.72. The first-order valence-electron chi connectivity index (χ1n) is 8.89. The van der Waals surface area contributed by atoms with Crippen LogP contribution in [-0.4, -0.2) is 12.1 Å². The second-order valence-corrected chi connectivity index (χ2v) is 6.31. The van der Waals surface area contributed by atoms with Gasteiger partial charge in [-0.2, -0.15) is 0 Å². The molecule has 1 aromatic heterocycles. The van der Waals surface area contributed by atoms with E-state index in [1.807, 2.05) is 67.6 Å². The minimum atomic E-state index is 0.538. The fraction of sp³-hybridized carbons (Fsp3) is 0.0870. The summed E-state index contributed by atoms with van der Waals surface area (Å²) in [4.78, 5) is 4.42. The topological polar surface area (TPSA) is 66.6 Å². The second kappa shape index (κ2) is 7.48. The van der Waals surface area contributed by atoms with Crippen molar-refractivity contribution in [1.29, 1.82) is 0 Å². The Morgan fingerprint density at radius 2 is 1.50 bits per heavy atom. The van der Waals surface area contributed by atoms with Gasteiger partial charge in [0.15, 0.2) is 23.0 Å². The molecule has 0 fully saturated rings. The molecule has 5 heteroatoms. The third-order valence-electron chi connectivity index (χ3n) is 4.42.